The van der Waals surface area contributed by atoms with Crippen LogP contribution in [-0.2, 0) is 0 Å². The molecule has 0 unspecified atom stereocenters. The summed E-state index contributed by atoms with van der Waals surface area (Å²) in [5.41, 5.74) is 2.05. The summed E-state index contributed by atoms with van der Waals surface area (Å²) in [5.74, 6) is 1.71. The minimum absolute atomic E-state index is 0.825. The van der Waals surface area contributed by atoms with Crippen LogP contribution >= 0.6 is 15.9 Å². The van der Waals surface area contributed by atoms with E-state index in [1.807, 2.05) is 31.3 Å². The molecule has 0 saturated carbocycles. The molecule has 0 saturated heterocycles. The molecule has 108 valence electrons. The van der Waals surface area contributed by atoms with E-state index in [-0.39, 0.29) is 0 Å². The summed E-state index contributed by atoms with van der Waals surface area (Å²) in [5, 5.41) is 3.39. The second kappa shape index (κ2) is 6.79. The van der Waals surface area contributed by atoms with Gasteiger partial charge in [0.25, 0.3) is 0 Å². The zero-order valence-corrected chi connectivity index (χ0v) is 13.7. The summed E-state index contributed by atoms with van der Waals surface area (Å²) in [4.78, 5) is 4.54. The number of ether oxygens (including phenoxy) is 1. The van der Waals surface area contributed by atoms with Gasteiger partial charge < -0.3 is 10.1 Å². The lowest BCUT2D eigenvalue weighted by Gasteiger charge is -2.11. The maximum atomic E-state index is 5.26. The van der Waals surface area contributed by atoms with Gasteiger partial charge in [0.05, 0.1) is 17.3 Å². The molecule has 0 aliphatic heterocycles. The van der Waals surface area contributed by atoms with Gasteiger partial charge >= 0.3 is 0 Å². The van der Waals surface area contributed by atoms with Crippen molar-refractivity contribution in [3.8, 4) is 11.4 Å². The number of aromatic nitrogens is 2. The van der Waals surface area contributed by atoms with E-state index in [0.717, 1.165) is 40.5 Å². The molecule has 1 aromatic heterocycles. The van der Waals surface area contributed by atoms with Crippen LogP contribution in [0.2, 0.25) is 0 Å². The van der Waals surface area contributed by atoms with Crippen molar-refractivity contribution < 1.29 is 4.74 Å². The van der Waals surface area contributed by atoms with Crippen LogP contribution in [0.4, 0.5) is 5.95 Å². The fourth-order valence-electron chi connectivity index (χ4n) is 2.00. The topological polar surface area (TPSA) is 39.1 Å². The molecule has 0 aliphatic rings. The standard InChI is InChI=1S/C15H20BrN3O/c1-4-5-8-17-15-18-11(2)10-19(15)12-6-7-14(20-3)13(16)9-12/h6-7,9-10H,4-5,8H2,1-3H3,(H,17,18). The smallest absolute Gasteiger partial charge is 0.207 e. The van der Waals surface area contributed by atoms with Gasteiger partial charge in [0.1, 0.15) is 5.75 Å². The number of hydrogen-bond donors (Lipinski definition) is 1. The van der Waals surface area contributed by atoms with Crippen molar-refractivity contribution in [2.24, 2.45) is 0 Å². The third-order valence-corrected chi connectivity index (χ3v) is 3.67. The second-order valence-corrected chi connectivity index (χ2v) is 5.53. The third-order valence-electron chi connectivity index (χ3n) is 3.05. The van der Waals surface area contributed by atoms with Crippen LogP contribution < -0.4 is 10.1 Å². The Morgan fingerprint density at radius 2 is 2.20 bits per heavy atom. The maximum Gasteiger partial charge on any atom is 0.207 e. The predicted octanol–water partition coefficient (Wildman–Crippen LogP) is 4.16. The van der Waals surface area contributed by atoms with Crippen LogP contribution in [0, 0.1) is 6.92 Å². The SMILES string of the molecule is CCCCNc1nc(C)cn1-c1ccc(OC)c(Br)c1. The summed E-state index contributed by atoms with van der Waals surface area (Å²) in [6.07, 6.45) is 4.33. The van der Waals surface area contributed by atoms with Gasteiger partial charge in [-0.2, -0.15) is 0 Å². The largest absolute Gasteiger partial charge is 0.496 e. The van der Waals surface area contributed by atoms with Gasteiger partial charge in [-0.1, -0.05) is 13.3 Å². The normalized spacial score (nSPS) is 10.6. The molecule has 0 radical (unpaired) electrons. The Bertz CT molecular complexity index is 580. The van der Waals surface area contributed by atoms with E-state index in [9.17, 15) is 0 Å². The Balaban J connectivity index is 2.29. The van der Waals surface area contributed by atoms with Crippen molar-refractivity contribution in [3.63, 3.8) is 0 Å². The first-order chi connectivity index (χ1) is 9.65. The number of methoxy groups -OCH3 is 1. The van der Waals surface area contributed by atoms with E-state index in [1.54, 1.807) is 7.11 Å². The van der Waals surface area contributed by atoms with Gasteiger partial charge in [-0.3, -0.25) is 4.57 Å². The molecule has 0 aliphatic carbocycles. The first-order valence-electron chi connectivity index (χ1n) is 6.79. The highest BCUT2D eigenvalue weighted by molar-refractivity contribution is 9.10. The summed E-state index contributed by atoms with van der Waals surface area (Å²) in [6.45, 7) is 5.12. The van der Waals surface area contributed by atoms with E-state index >= 15 is 0 Å². The Morgan fingerprint density at radius 3 is 2.85 bits per heavy atom. The van der Waals surface area contributed by atoms with E-state index in [0.29, 0.717) is 0 Å². The molecule has 0 spiro atoms. The number of unbranched alkanes of at least 4 members (excludes halogenated alkanes) is 1. The third kappa shape index (κ3) is 3.33. The van der Waals surface area contributed by atoms with Crippen LogP contribution in [0.1, 0.15) is 25.5 Å². The van der Waals surface area contributed by atoms with Crippen molar-refractivity contribution in [3.05, 3.63) is 34.6 Å². The number of imidazole rings is 1. The number of rotatable bonds is 6. The fourth-order valence-corrected chi connectivity index (χ4v) is 2.53. The predicted molar refractivity (Wildman–Crippen MR) is 86.0 cm³/mol. The van der Waals surface area contributed by atoms with E-state index in [2.05, 4.69) is 37.7 Å². The molecule has 1 aromatic carbocycles. The van der Waals surface area contributed by atoms with Gasteiger partial charge in [0.15, 0.2) is 0 Å². The molecular weight excluding hydrogens is 318 g/mol. The van der Waals surface area contributed by atoms with Gasteiger partial charge in [0, 0.05) is 18.4 Å². The average Bonchev–Trinajstić information content (AvgIpc) is 2.80. The Morgan fingerprint density at radius 1 is 1.40 bits per heavy atom. The highest BCUT2D eigenvalue weighted by atomic mass is 79.9. The average molecular weight is 338 g/mol. The van der Waals surface area contributed by atoms with Crippen molar-refractivity contribution in [1.82, 2.24) is 9.55 Å². The molecule has 0 fully saturated rings. The number of nitrogens with zero attached hydrogens (tertiary/aromatic N) is 2. The first kappa shape index (κ1) is 14.9. The van der Waals surface area contributed by atoms with Gasteiger partial charge in [-0.05, 0) is 47.5 Å². The highest BCUT2D eigenvalue weighted by Gasteiger charge is 2.09. The fraction of sp³-hybridized carbons (Fsp3) is 0.400. The molecule has 0 atom stereocenters. The van der Waals surface area contributed by atoms with E-state index in [4.69, 9.17) is 4.74 Å². The molecule has 0 bridgehead atoms. The Kier molecular flexibility index (Phi) is 5.06. The number of benzene rings is 1. The maximum absolute atomic E-state index is 5.26. The summed E-state index contributed by atoms with van der Waals surface area (Å²) < 4.78 is 8.26. The van der Waals surface area contributed by atoms with Crippen molar-refractivity contribution >= 4 is 21.9 Å². The summed E-state index contributed by atoms with van der Waals surface area (Å²) in [7, 11) is 1.67. The van der Waals surface area contributed by atoms with Crippen molar-refractivity contribution in [2.45, 2.75) is 26.7 Å². The van der Waals surface area contributed by atoms with Crippen LogP contribution in [0.3, 0.4) is 0 Å². The minimum atomic E-state index is 0.825. The van der Waals surface area contributed by atoms with Gasteiger partial charge in [0.2, 0.25) is 5.95 Å². The van der Waals surface area contributed by atoms with Crippen molar-refractivity contribution in [2.75, 3.05) is 19.0 Å². The molecule has 5 heteroatoms. The Hall–Kier alpha value is -1.49. The second-order valence-electron chi connectivity index (χ2n) is 4.68. The molecule has 1 heterocycles. The molecule has 2 aromatic rings. The lowest BCUT2D eigenvalue weighted by atomic mass is 10.3. The number of hydrogen-bond acceptors (Lipinski definition) is 3. The minimum Gasteiger partial charge on any atom is -0.496 e. The quantitative estimate of drug-likeness (QED) is 0.804. The van der Waals surface area contributed by atoms with E-state index in [1.165, 1.54) is 6.42 Å². The molecule has 0 amide bonds. The van der Waals surface area contributed by atoms with Crippen LogP contribution in [0.25, 0.3) is 5.69 Å². The number of nitrogens with one attached hydrogen (secondary N) is 1. The van der Waals surface area contributed by atoms with E-state index < -0.39 is 0 Å². The van der Waals surface area contributed by atoms with Crippen LogP contribution in [0.15, 0.2) is 28.9 Å². The number of anilines is 1. The number of aryl methyl sites for hydroxylation is 1. The molecular formula is C15H20BrN3O. The Labute approximate surface area is 128 Å². The molecule has 4 nitrogen and oxygen atoms in total. The van der Waals surface area contributed by atoms with Crippen LogP contribution in [-0.4, -0.2) is 23.2 Å². The summed E-state index contributed by atoms with van der Waals surface area (Å²) >= 11 is 3.52. The lowest BCUT2D eigenvalue weighted by Crippen LogP contribution is -2.07. The molecule has 1 N–H and O–H groups in total. The lowest BCUT2D eigenvalue weighted by molar-refractivity contribution is 0.412. The summed E-state index contributed by atoms with van der Waals surface area (Å²) in [6, 6.07) is 6.01. The van der Waals surface area contributed by atoms with Gasteiger partial charge in [-0.15, -0.1) is 0 Å². The zero-order chi connectivity index (χ0) is 14.5. The van der Waals surface area contributed by atoms with Gasteiger partial charge in [-0.25, -0.2) is 4.98 Å². The first-order valence-corrected chi connectivity index (χ1v) is 7.58. The zero-order valence-electron chi connectivity index (χ0n) is 12.1. The molecule has 20 heavy (non-hydrogen) atoms. The monoisotopic (exact) mass is 337 g/mol. The van der Waals surface area contributed by atoms with Crippen LogP contribution in [0.5, 0.6) is 5.75 Å². The van der Waals surface area contributed by atoms with Crippen molar-refractivity contribution in [1.29, 1.82) is 0 Å². The molecule has 2 rings (SSSR count). The highest BCUT2D eigenvalue weighted by Crippen LogP contribution is 2.28. The number of halogens is 1.